The number of furan rings is 1. The molecular weight excluding hydrogens is 412 g/mol. The van der Waals surface area contributed by atoms with Gasteiger partial charge in [-0.1, -0.05) is 11.3 Å². The van der Waals surface area contributed by atoms with E-state index in [1.54, 1.807) is 13.1 Å². The highest BCUT2D eigenvalue weighted by molar-refractivity contribution is 7.20. The molecule has 0 spiro atoms. The second-order valence-electron chi connectivity index (χ2n) is 8.45. The largest absolute Gasteiger partial charge is 0.464 e. The lowest BCUT2D eigenvalue weighted by Crippen LogP contribution is -2.44. The summed E-state index contributed by atoms with van der Waals surface area (Å²) in [6.45, 7) is 3.49. The number of hydrogen-bond donors (Lipinski definition) is 1. The third kappa shape index (κ3) is 3.45. The number of benzene rings is 1. The van der Waals surface area contributed by atoms with Crippen molar-refractivity contribution in [1.82, 2.24) is 20.2 Å². The van der Waals surface area contributed by atoms with Crippen molar-refractivity contribution in [1.29, 1.82) is 0 Å². The van der Waals surface area contributed by atoms with Crippen LogP contribution in [0.2, 0.25) is 0 Å². The number of carbonyl (C=O) groups is 1. The molecule has 1 saturated carbocycles. The van der Waals surface area contributed by atoms with Crippen LogP contribution in [-0.4, -0.2) is 39.4 Å². The summed E-state index contributed by atoms with van der Waals surface area (Å²) in [5, 5.41) is 4.79. The summed E-state index contributed by atoms with van der Waals surface area (Å²) in [6.07, 6.45) is 5.78. The molecule has 1 aromatic carbocycles. The number of fused-ring (bicyclic) bond motifs is 4. The number of hydrogen-bond acceptors (Lipinski definition) is 7. The summed E-state index contributed by atoms with van der Waals surface area (Å²) >= 11 is 1.48. The number of nitrogens with zero attached hydrogens (tertiary/aromatic N) is 3. The van der Waals surface area contributed by atoms with Crippen molar-refractivity contribution in [2.45, 2.75) is 38.4 Å². The molecule has 1 aliphatic carbocycles. The minimum atomic E-state index is 0.0741. The van der Waals surface area contributed by atoms with Gasteiger partial charge >= 0.3 is 0 Å². The monoisotopic (exact) mass is 434 g/mol. The number of likely N-dealkylation sites (tertiary alicyclic amines) is 1. The van der Waals surface area contributed by atoms with E-state index in [9.17, 15) is 4.79 Å². The molecule has 8 heteroatoms. The molecule has 1 amide bonds. The molecule has 3 atom stereocenters. The van der Waals surface area contributed by atoms with E-state index in [4.69, 9.17) is 9.15 Å². The van der Waals surface area contributed by atoms with Gasteiger partial charge in [-0.3, -0.25) is 9.69 Å². The molecule has 6 rings (SSSR count). The van der Waals surface area contributed by atoms with E-state index in [1.165, 1.54) is 16.9 Å². The van der Waals surface area contributed by atoms with Gasteiger partial charge in [0, 0.05) is 55.3 Å². The summed E-state index contributed by atoms with van der Waals surface area (Å²) in [4.78, 5) is 22.6. The van der Waals surface area contributed by atoms with Gasteiger partial charge in [0.05, 0.1) is 11.0 Å². The summed E-state index contributed by atoms with van der Waals surface area (Å²) in [6, 6.07) is 10.7. The average Bonchev–Trinajstić information content (AvgIpc) is 3.50. The van der Waals surface area contributed by atoms with Gasteiger partial charge in [-0.2, -0.15) is 4.98 Å². The molecule has 4 heterocycles. The quantitative estimate of drug-likeness (QED) is 0.504. The first kappa shape index (κ1) is 18.8. The maximum Gasteiger partial charge on any atom is 0.281 e. The fourth-order valence-electron chi connectivity index (χ4n) is 5.04. The smallest absolute Gasteiger partial charge is 0.281 e. The molecule has 0 unspecified atom stereocenters. The zero-order chi connectivity index (χ0) is 20.9. The van der Waals surface area contributed by atoms with E-state index in [0.717, 1.165) is 41.6 Å². The Bertz CT molecular complexity index is 1250. The van der Waals surface area contributed by atoms with E-state index < -0.39 is 0 Å². The highest BCUT2D eigenvalue weighted by atomic mass is 32.1. The fourth-order valence-corrected chi connectivity index (χ4v) is 5.83. The van der Waals surface area contributed by atoms with E-state index in [0.29, 0.717) is 34.6 Å². The Hall–Kier alpha value is -2.97. The van der Waals surface area contributed by atoms with E-state index in [1.807, 2.05) is 30.5 Å². The fraction of sp³-hybridized carbons (Fsp3) is 0.348. The Kier molecular flexibility index (Phi) is 4.43. The molecule has 158 valence electrons. The summed E-state index contributed by atoms with van der Waals surface area (Å²) in [7, 11) is 0. The molecule has 0 radical (unpaired) electrons. The summed E-state index contributed by atoms with van der Waals surface area (Å²) in [5.41, 5.74) is 2.70. The van der Waals surface area contributed by atoms with E-state index in [-0.39, 0.29) is 5.91 Å². The lowest BCUT2D eigenvalue weighted by atomic mass is 10.0. The maximum atomic E-state index is 11.4. The van der Waals surface area contributed by atoms with Crippen molar-refractivity contribution >= 4 is 38.6 Å². The standard InChI is InChI=1S/C23H22N4O3S/c1-13(28)25-19-8-16-7-14(19)10-27(16)11-15-12-29-20-9-17(4-5-18(15)20)30-23-26-22-21(31-23)3-2-6-24-22/h2-6,9,12,14,16,19H,7-8,10-11H2,1H3,(H,25,28)/t14-,16-,19-/m0/s1. The minimum Gasteiger partial charge on any atom is -0.464 e. The van der Waals surface area contributed by atoms with Crippen LogP contribution >= 0.6 is 11.3 Å². The van der Waals surface area contributed by atoms with Crippen LogP contribution in [0.5, 0.6) is 10.9 Å². The number of amides is 1. The summed E-state index contributed by atoms with van der Waals surface area (Å²) < 4.78 is 12.8. The van der Waals surface area contributed by atoms with Crippen LogP contribution in [-0.2, 0) is 11.3 Å². The van der Waals surface area contributed by atoms with Gasteiger partial charge in [0.15, 0.2) is 5.65 Å². The van der Waals surface area contributed by atoms with Crippen molar-refractivity contribution in [3.05, 3.63) is 48.4 Å². The van der Waals surface area contributed by atoms with Gasteiger partial charge in [-0.05, 0) is 43.0 Å². The Morgan fingerprint density at radius 3 is 3.10 bits per heavy atom. The normalized spacial score (nSPS) is 23.1. The average molecular weight is 435 g/mol. The third-order valence-electron chi connectivity index (χ3n) is 6.40. The van der Waals surface area contributed by atoms with Gasteiger partial charge in [0.1, 0.15) is 11.3 Å². The van der Waals surface area contributed by atoms with Crippen molar-refractivity contribution in [3.8, 4) is 10.9 Å². The van der Waals surface area contributed by atoms with Gasteiger partial charge < -0.3 is 14.5 Å². The van der Waals surface area contributed by atoms with Crippen molar-refractivity contribution < 1.29 is 13.9 Å². The van der Waals surface area contributed by atoms with Crippen LogP contribution in [0, 0.1) is 5.92 Å². The van der Waals surface area contributed by atoms with E-state index in [2.05, 4.69) is 26.3 Å². The first-order valence-electron chi connectivity index (χ1n) is 10.5. The topological polar surface area (TPSA) is 80.5 Å². The Labute approximate surface area is 183 Å². The minimum absolute atomic E-state index is 0.0741. The molecule has 2 aliphatic rings. The predicted molar refractivity (Wildman–Crippen MR) is 118 cm³/mol. The lowest BCUT2D eigenvalue weighted by Gasteiger charge is -2.31. The third-order valence-corrected chi connectivity index (χ3v) is 7.28. The molecule has 1 aliphatic heterocycles. The summed E-state index contributed by atoms with van der Waals surface area (Å²) in [5.74, 6) is 1.33. The Balaban J connectivity index is 1.17. The van der Waals surface area contributed by atoms with Gasteiger partial charge in [0.2, 0.25) is 5.91 Å². The predicted octanol–water partition coefficient (Wildman–Crippen LogP) is 4.33. The van der Waals surface area contributed by atoms with Crippen LogP contribution in [0.15, 0.2) is 47.2 Å². The Morgan fingerprint density at radius 1 is 1.35 bits per heavy atom. The second kappa shape index (κ2) is 7.32. The van der Waals surface area contributed by atoms with Crippen LogP contribution in [0.3, 0.4) is 0 Å². The van der Waals surface area contributed by atoms with Crippen molar-refractivity contribution in [3.63, 3.8) is 0 Å². The molecule has 1 N–H and O–H groups in total. The number of pyridine rings is 1. The zero-order valence-electron chi connectivity index (χ0n) is 17.1. The van der Waals surface area contributed by atoms with Gasteiger partial charge in [-0.25, -0.2) is 4.98 Å². The van der Waals surface area contributed by atoms with Crippen LogP contribution in [0.4, 0.5) is 0 Å². The van der Waals surface area contributed by atoms with Crippen LogP contribution in [0.1, 0.15) is 25.3 Å². The molecule has 7 nitrogen and oxygen atoms in total. The molecule has 2 bridgehead atoms. The highest BCUT2D eigenvalue weighted by Crippen LogP contribution is 2.40. The molecular formula is C23H22N4O3S. The van der Waals surface area contributed by atoms with E-state index >= 15 is 0 Å². The number of rotatable bonds is 5. The number of aromatic nitrogens is 2. The number of nitrogens with one attached hydrogen (secondary N) is 1. The lowest BCUT2D eigenvalue weighted by molar-refractivity contribution is -0.120. The molecule has 4 aromatic rings. The first-order valence-corrected chi connectivity index (χ1v) is 11.3. The number of carbonyl (C=O) groups excluding carboxylic acids is 1. The molecule has 3 aromatic heterocycles. The van der Waals surface area contributed by atoms with Gasteiger partial charge in [0.25, 0.3) is 5.19 Å². The maximum absolute atomic E-state index is 11.4. The van der Waals surface area contributed by atoms with Crippen LogP contribution < -0.4 is 10.1 Å². The van der Waals surface area contributed by atoms with Crippen LogP contribution in [0.25, 0.3) is 21.3 Å². The SMILES string of the molecule is CC(=O)N[C@H]1C[C@@H]2C[C@H]1CN2Cc1coc2cc(Oc3nc4ncccc4s3)ccc12. The molecule has 1 saturated heterocycles. The first-order chi connectivity index (χ1) is 15.1. The zero-order valence-corrected chi connectivity index (χ0v) is 17.9. The highest BCUT2D eigenvalue weighted by Gasteiger charge is 2.44. The number of thiazole rings is 1. The second-order valence-corrected chi connectivity index (χ2v) is 9.44. The van der Waals surface area contributed by atoms with Crippen molar-refractivity contribution in [2.24, 2.45) is 5.92 Å². The Morgan fingerprint density at radius 2 is 2.29 bits per heavy atom. The molecule has 31 heavy (non-hydrogen) atoms. The number of ether oxygens (including phenoxy) is 1. The van der Waals surface area contributed by atoms with Gasteiger partial charge in [-0.15, -0.1) is 0 Å². The van der Waals surface area contributed by atoms with Crippen molar-refractivity contribution in [2.75, 3.05) is 6.54 Å². The molecule has 2 fully saturated rings. The number of piperidine rings is 1.